The van der Waals surface area contributed by atoms with E-state index in [1.807, 2.05) is 0 Å². The minimum Gasteiger partial charge on any atom is -0.319 e. The van der Waals surface area contributed by atoms with Crippen molar-refractivity contribution in [2.75, 3.05) is 0 Å². The highest BCUT2D eigenvalue weighted by Crippen LogP contribution is 2.43. The molecule has 116 valence electrons. The lowest BCUT2D eigenvalue weighted by Crippen LogP contribution is -2.45. The molecule has 0 aliphatic rings. The van der Waals surface area contributed by atoms with Crippen molar-refractivity contribution in [2.24, 2.45) is 5.73 Å². The van der Waals surface area contributed by atoms with Crippen LogP contribution in [0.25, 0.3) is 0 Å². The lowest BCUT2D eigenvalue weighted by Gasteiger charge is -2.26. The molecule has 0 aliphatic carbocycles. The SMILES string of the molecule is Cl.N[C@@H](c1cccc(C(F)(F)F)c1)C(F)(F)C(F)(F)F. The Balaban J connectivity index is 0.00000361. The zero-order valence-electron chi connectivity index (χ0n) is 9.40. The van der Waals surface area contributed by atoms with Gasteiger partial charge >= 0.3 is 18.3 Å². The molecule has 1 aromatic carbocycles. The van der Waals surface area contributed by atoms with Crippen LogP contribution < -0.4 is 5.73 Å². The fourth-order valence-corrected chi connectivity index (χ4v) is 1.29. The van der Waals surface area contributed by atoms with Crippen molar-refractivity contribution in [1.82, 2.24) is 0 Å². The molecule has 0 spiro atoms. The Morgan fingerprint density at radius 1 is 0.900 bits per heavy atom. The quantitative estimate of drug-likeness (QED) is 0.803. The van der Waals surface area contributed by atoms with Gasteiger partial charge in [0, 0.05) is 0 Å². The van der Waals surface area contributed by atoms with Crippen molar-refractivity contribution in [3.63, 3.8) is 0 Å². The van der Waals surface area contributed by atoms with Crippen LogP contribution in [-0.4, -0.2) is 12.1 Å². The summed E-state index contributed by atoms with van der Waals surface area (Å²) in [4.78, 5) is 0. The van der Waals surface area contributed by atoms with E-state index in [4.69, 9.17) is 5.73 Å². The van der Waals surface area contributed by atoms with E-state index in [0.29, 0.717) is 18.2 Å². The lowest BCUT2D eigenvalue weighted by atomic mass is 9.99. The Bertz CT molecular complexity index is 453. The molecule has 2 N–H and O–H groups in total. The predicted octanol–water partition coefficient (Wildman–Crippen LogP) is 4.32. The molecule has 0 bridgehead atoms. The highest BCUT2D eigenvalue weighted by atomic mass is 35.5. The highest BCUT2D eigenvalue weighted by molar-refractivity contribution is 5.85. The molecule has 0 saturated heterocycles. The van der Waals surface area contributed by atoms with Gasteiger partial charge in [0.2, 0.25) is 0 Å². The Labute approximate surface area is 114 Å². The van der Waals surface area contributed by atoms with Gasteiger partial charge in [0.15, 0.2) is 0 Å². The first-order chi connectivity index (χ1) is 8.37. The number of hydrogen-bond donors (Lipinski definition) is 1. The molecular weight excluding hydrogens is 322 g/mol. The van der Waals surface area contributed by atoms with Crippen molar-refractivity contribution in [3.05, 3.63) is 35.4 Å². The normalized spacial score (nSPS) is 14.7. The molecule has 0 unspecified atom stereocenters. The van der Waals surface area contributed by atoms with E-state index in [1.165, 1.54) is 0 Å². The van der Waals surface area contributed by atoms with Crippen molar-refractivity contribution in [1.29, 1.82) is 0 Å². The zero-order chi connectivity index (χ0) is 15.1. The Morgan fingerprint density at radius 2 is 1.40 bits per heavy atom. The molecule has 0 saturated carbocycles. The van der Waals surface area contributed by atoms with E-state index in [2.05, 4.69) is 0 Å². The molecule has 10 heteroatoms. The maximum atomic E-state index is 12.9. The van der Waals surface area contributed by atoms with Gasteiger partial charge in [-0.25, -0.2) is 0 Å². The minimum absolute atomic E-state index is 0. The number of halogens is 9. The minimum atomic E-state index is -5.94. The van der Waals surface area contributed by atoms with E-state index in [-0.39, 0.29) is 18.5 Å². The molecule has 1 atom stereocenters. The number of alkyl halides is 8. The van der Waals surface area contributed by atoms with Crippen LogP contribution in [0.5, 0.6) is 0 Å². The molecule has 20 heavy (non-hydrogen) atoms. The predicted molar refractivity (Wildman–Crippen MR) is 56.6 cm³/mol. The third-order valence-corrected chi connectivity index (χ3v) is 2.34. The van der Waals surface area contributed by atoms with Gasteiger partial charge in [-0.15, -0.1) is 12.4 Å². The summed E-state index contributed by atoms with van der Waals surface area (Å²) < 4.78 is 98.9. The summed E-state index contributed by atoms with van der Waals surface area (Å²) in [5.74, 6) is -5.32. The first-order valence-electron chi connectivity index (χ1n) is 4.74. The number of rotatable bonds is 2. The van der Waals surface area contributed by atoms with E-state index < -0.39 is 35.4 Å². The molecule has 0 aromatic heterocycles. The molecular formula is C10H8ClF8N. The van der Waals surface area contributed by atoms with Crippen LogP contribution in [0.15, 0.2) is 24.3 Å². The molecule has 1 rings (SSSR count). The summed E-state index contributed by atoms with van der Waals surface area (Å²) in [6.45, 7) is 0. The second-order valence-corrected chi connectivity index (χ2v) is 3.72. The largest absolute Gasteiger partial charge is 0.455 e. The Kier molecular flexibility index (Phi) is 5.41. The van der Waals surface area contributed by atoms with Gasteiger partial charge in [0.1, 0.15) is 6.04 Å². The maximum Gasteiger partial charge on any atom is 0.455 e. The second kappa shape index (κ2) is 5.72. The third kappa shape index (κ3) is 3.72. The number of hydrogen-bond acceptors (Lipinski definition) is 1. The standard InChI is InChI=1S/C10H7F8N.ClH/c11-8(12,10(16,17)18)7(19)5-2-1-3-6(4-5)9(13,14)15;/h1-4,7H,19H2;1H/t7-;/m0./s1. The Hall–Kier alpha value is -1.09. The molecule has 0 amide bonds. The van der Waals surface area contributed by atoms with Gasteiger partial charge in [-0.05, 0) is 17.7 Å². The number of nitrogens with two attached hydrogens (primary N) is 1. The fraction of sp³-hybridized carbons (Fsp3) is 0.400. The first-order valence-corrected chi connectivity index (χ1v) is 4.74. The van der Waals surface area contributed by atoms with Gasteiger partial charge in [-0.1, -0.05) is 12.1 Å². The van der Waals surface area contributed by atoms with Crippen molar-refractivity contribution >= 4 is 12.4 Å². The topological polar surface area (TPSA) is 26.0 Å². The summed E-state index contributed by atoms with van der Waals surface area (Å²) in [6.07, 6.45) is -10.8. The van der Waals surface area contributed by atoms with Crippen molar-refractivity contribution in [3.8, 4) is 0 Å². The molecule has 0 radical (unpaired) electrons. The first kappa shape index (κ1) is 18.9. The van der Waals surface area contributed by atoms with Gasteiger partial charge in [-0.3, -0.25) is 0 Å². The van der Waals surface area contributed by atoms with Crippen molar-refractivity contribution in [2.45, 2.75) is 24.3 Å². The maximum absolute atomic E-state index is 12.9. The van der Waals surface area contributed by atoms with Gasteiger partial charge in [0.05, 0.1) is 5.56 Å². The van der Waals surface area contributed by atoms with Crippen LogP contribution in [0.1, 0.15) is 17.2 Å². The zero-order valence-corrected chi connectivity index (χ0v) is 10.2. The third-order valence-electron chi connectivity index (χ3n) is 2.34. The summed E-state index contributed by atoms with van der Waals surface area (Å²) in [5, 5.41) is 0. The highest BCUT2D eigenvalue weighted by Gasteiger charge is 2.61. The average molecular weight is 330 g/mol. The molecule has 0 fully saturated rings. The second-order valence-electron chi connectivity index (χ2n) is 3.72. The van der Waals surface area contributed by atoms with E-state index in [0.717, 1.165) is 0 Å². The van der Waals surface area contributed by atoms with Gasteiger partial charge < -0.3 is 5.73 Å². The van der Waals surface area contributed by atoms with Crippen LogP contribution in [0, 0.1) is 0 Å². The lowest BCUT2D eigenvalue weighted by molar-refractivity contribution is -0.291. The molecule has 1 nitrogen and oxygen atoms in total. The van der Waals surface area contributed by atoms with Crippen LogP contribution in [0.4, 0.5) is 35.1 Å². The summed E-state index contributed by atoms with van der Waals surface area (Å²) in [6, 6.07) is -0.800. The van der Waals surface area contributed by atoms with Crippen LogP contribution >= 0.6 is 12.4 Å². The van der Waals surface area contributed by atoms with Crippen LogP contribution in [0.3, 0.4) is 0 Å². The van der Waals surface area contributed by atoms with Crippen LogP contribution in [0.2, 0.25) is 0 Å². The summed E-state index contributed by atoms with van der Waals surface area (Å²) in [5.41, 5.74) is 2.44. The summed E-state index contributed by atoms with van der Waals surface area (Å²) in [7, 11) is 0. The van der Waals surface area contributed by atoms with E-state index in [1.54, 1.807) is 0 Å². The molecule has 1 aromatic rings. The number of benzene rings is 1. The fourth-order valence-electron chi connectivity index (χ4n) is 1.29. The van der Waals surface area contributed by atoms with Crippen LogP contribution in [-0.2, 0) is 6.18 Å². The van der Waals surface area contributed by atoms with E-state index in [9.17, 15) is 35.1 Å². The van der Waals surface area contributed by atoms with Gasteiger partial charge in [-0.2, -0.15) is 35.1 Å². The monoisotopic (exact) mass is 329 g/mol. The van der Waals surface area contributed by atoms with E-state index >= 15 is 0 Å². The summed E-state index contributed by atoms with van der Waals surface area (Å²) >= 11 is 0. The Morgan fingerprint density at radius 3 is 1.80 bits per heavy atom. The average Bonchev–Trinajstić information content (AvgIpc) is 2.25. The molecule has 0 aliphatic heterocycles. The van der Waals surface area contributed by atoms with Gasteiger partial charge in [0.25, 0.3) is 0 Å². The van der Waals surface area contributed by atoms with Crippen molar-refractivity contribution < 1.29 is 35.1 Å². The molecule has 0 heterocycles. The smallest absolute Gasteiger partial charge is 0.319 e.